The maximum atomic E-state index is 14.6. The number of primary amides is 1. The van der Waals surface area contributed by atoms with Crippen molar-refractivity contribution in [3.63, 3.8) is 0 Å². The molecule has 0 bridgehead atoms. The Kier molecular flexibility index (Phi) is 5.27. The zero-order valence-electron chi connectivity index (χ0n) is 18.6. The predicted molar refractivity (Wildman–Crippen MR) is 127 cm³/mol. The van der Waals surface area contributed by atoms with Crippen molar-refractivity contribution in [1.29, 1.82) is 0 Å². The van der Waals surface area contributed by atoms with Crippen molar-refractivity contribution in [3.8, 4) is 16.9 Å². The minimum Gasteiger partial charge on any atom is -0.369 e. The lowest BCUT2D eigenvalue weighted by Gasteiger charge is -2.27. The highest BCUT2D eigenvalue weighted by atomic mass is 19.1. The van der Waals surface area contributed by atoms with E-state index in [0.717, 1.165) is 35.2 Å². The average Bonchev–Trinajstić information content (AvgIpc) is 3.64. The standard InChI is InChI=1S/C27H23F2N3O2/c1-27(26(30)34,15-16-9-10-16)18-6-4-5-17(13-18)24-20-7-2-3-8-21(20)25(33)32(31-24)23-12-11-19(28)14-22(23)29/h2-8,11-14,16H,9-10,15H2,1H3,(H2,30,34). The van der Waals surface area contributed by atoms with E-state index >= 15 is 0 Å². The summed E-state index contributed by atoms with van der Waals surface area (Å²) in [6.45, 7) is 1.85. The van der Waals surface area contributed by atoms with Crippen LogP contribution >= 0.6 is 0 Å². The summed E-state index contributed by atoms with van der Waals surface area (Å²) in [5, 5.41) is 5.43. The minimum absolute atomic E-state index is 0.148. The molecular weight excluding hydrogens is 436 g/mol. The Morgan fingerprint density at radius 1 is 1.06 bits per heavy atom. The molecule has 5 rings (SSSR count). The van der Waals surface area contributed by atoms with Crippen molar-refractivity contribution in [1.82, 2.24) is 9.78 Å². The van der Waals surface area contributed by atoms with Crippen LogP contribution in [0.15, 0.2) is 71.5 Å². The summed E-state index contributed by atoms with van der Waals surface area (Å²) in [4.78, 5) is 25.7. The van der Waals surface area contributed by atoms with Crippen LogP contribution in [0.5, 0.6) is 0 Å². The van der Waals surface area contributed by atoms with Crippen LogP contribution in [0.4, 0.5) is 8.78 Å². The molecule has 1 atom stereocenters. The topological polar surface area (TPSA) is 78.0 Å². The quantitative estimate of drug-likeness (QED) is 0.447. The molecule has 0 aliphatic heterocycles. The van der Waals surface area contributed by atoms with Crippen LogP contribution in [-0.2, 0) is 10.2 Å². The van der Waals surface area contributed by atoms with Gasteiger partial charge in [-0.1, -0.05) is 49.2 Å². The molecule has 0 saturated heterocycles. The molecule has 5 nitrogen and oxygen atoms in total. The summed E-state index contributed by atoms with van der Waals surface area (Å²) in [7, 11) is 0. The van der Waals surface area contributed by atoms with Gasteiger partial charge in [0.25, 0.3) is 5.56 Å². The Balaban J connectivity index is 1.73. The van der Waals surface area contributed by atoms with Gasteiger partial charge in [0.1, 0.15) is 11.5 Å². The number of halogens is 2. The smallest absolute Gasteiger partial charge is 0.279 e. The largest absolute Gasteiger partial charge is 0.369 e. The Labute approximate surface area is 194 Å². The third-order valence-electron chi connectivity index (χ3n) is 6.65. The summed E-state index contributed by atoms with van der Waals surface area (Å²) >= 11 is 0. The van der Waals surface area contributed by atoms with E-state index in [0.29, 0.717) is 34.4 Å². The maximum absolute atomic E-state index is 14.6. The van der Waals surface area contributed by atoms with Crippen LogP contribution in [0.25, 0.3) is 27.7 Å². The van der Waals surface area contributed by atoms with Gasteiger partial charge in [0.15, 0.2) is 5.82 Å². The predicted octanol–water partition coefficient (Wildman–Crippen LogP) is 4.87. The first kappa shape index (κ1) is 21.9. The zero-order valence-corrected chi connectivity index (χ0v) is 18.6. The molecule has 0 spiro atoms. The summed E-state index contributed by atoms with van der Waals surface area (Å²) in [6, 6.07) is 17.3. The van der Waals surface area contributed by atoms with Crippen LogP contribution in [0.2, 0.25) is 0 Å². The molecule has 0 radical (unpaired) electrons. The van der Waals surface area contributed by atoms with E-state index in [2.05, 4.69) is 5.10 Å². The number of amides is 1. The minimum atomic E-state index is -0.893. The molecule has 1 aliphatic rings. The van der Waals surface area contributed by atoms with Crippen LogP contribution in [0.3, 0.4) is 0 Å². The Bertz CT molecular complexity index is 1490. The highest BCUT2D eigenvalue weighted by Crippen LogP contribution is 2.42. The number of nitrogens with zero attached hydrogens (tertiary/aromatic N) is 2. The highest BCUT2D eigenvalue weighted by molar-refractivity contribution is 5.94. The van der Waals surface area contributed by atoms with E-state index in [1.165, 1.54) is 6.07 Å². The van der Waals surface area contributed by atoms with Gasteiger partial charge >= 0.3 is 0 Å². The number of nitrogens with two attached hydrogens (primary N) is 1. The van der Waals surface area contributed by atoms with Gasteiger partial charge in [-0.15, -0.1) is 0 Å². The van der Waals surface area contributed by atoms with Gasteiger partial charge in [0, 0.05) is 17.0 Å². The molecule has 1 aliphatic carbocycles. The molecule has 4 aromatic rings. The Morgan fingerprint density at radius 2 is 1.79 bits per heavy atom. The molecule has 1 fully saturated rings. The average molecular weight is 459 g/mol. The molecule has 3 aromatic carbocycles. The van der Waals surface area contributed by atoms with Crippen molar-refractivity contribution in [3.05, 3.63) is 94.3 Å². The second-order valence-electron chi connectivity index (χ2n) is 9.13. The van der Waals surface area contributed by atoms with Crippen molar-refractivity contribution >= 4 is 16.7 Å². The summed E-state index contributed by atoms with van der Waals surface area (Å²) < 4.78 is 29.0. The number of carbonyl (C=O) groups excluding carboxylic acids is 1. The van der Waals surface area contributed by atoms with Crippen LogP contribution in [0, 0.1) is 17.6 Å². The van der Waals surface area contributed by atoms with Gasteiger partial charge in [-0.05, 0) is 49.1 Å². The van der Waals surface area contributed by atoms with Gasteiger partial charge in [-0.2, -0.15) is 9.78 Å². The van der Waals surface area contributed by atoms with Crippen molar-refractivity contribution in [2.75, 3.05) is 0 Å². The second kappa shape index (κ2) is 8.17. The lowest BCUT2D eigenvalue weighted by atomic mass is 9.76. The normalized spacial score (nSPS) is 15.3. The summed E-state index contributed by atoms with van der Waals surface area (Å²) in [6.07, 6.45) is 2.84. The first-order valence-corrected chi connectivity index (χ1v) is 11.2. The van der Waals surface area contributed by atoms with E-state index in [1.54, 1.807) is 24.3 Å². The van der Waals surface area contributed by atoms with Gasteiger partial charge in [0.2, 0.25) is 5.91 Å². The van der Waals surface area contributed by atoms with Crippen LogP contribution in [0.1, 0.15) is 31.7 Å². The fourth-order valence-corrected chi connectivity index (χ4v) is 4.49. The molecule has 7 heteroatoms. The second-order valence-corrected chi connectivity index (χ2v) is 9.13. The molecule has 34 heavy (non-hydrogen) atoms. The van der Waals surface area contributed by atoms with Gasteiger partial charge in [0.05, 0.1) is 16.5 Å². The van der Waals surface area contributed by atoms with Gasteiger partial charge in [-0.3, -0.25) is 9.59 Å². The van der Waals surface area contributed by atoms with E-state index < -0.39 is 28.5 Å². The number of carbonyl (C=O) groups is 1. The lowest BCUT2D eigenvalue weighted by molar-refractivity contribution is -0.123. The van der Waals surface area contributed by atoms with Crippen LogP contribution < -0.4 is 11.3 Å². The van der Waals surface area contributed by atoms with E-state index in [4.69, 9.17) is 5.73 Å². The molecule has 1 unspecified atom stereocenters. The summed E-state index contributed by atoms with van der Waals surface area (Å²) in [5.41, 5.74) is 6.20. The third kappa shape index (κ3) is 3.77. The van der Waals surface area contributed by atoms with E-state index in [9.17, 15) is 18.4 Å². The number of hydrogen-bond donors (Lipinski definition) is 1. The summed E-state index contributed by atoms with van der Waals surface area (Å²) in [5.74, 6) is -1.56. The Morgan fingerprint density at radius 3 is 2.47 bits per heavy atom. The van der Waals surface area contributed by atoms with Gasteiger partial charge in [-0.25, -0.2) is 8.78 Å². The van der Waals surface area contributed by atoms with Crippen molar-refractivity contribution in [2.24, 2.45) is 11.7 Å². The molecule has 1 heterocycles. The maximum Gasteiger partial charge on any atom is 0.279 e. The Hall–Kier alpha value is -3.87. The first-order valence-electron chi connectivity index (χ1n) is 11.2. The van der Waals surface area contributed by atoms with Crippen molar-refractivity contribution in [2.45, 2.75) is 31.6 Å². The third-order valence-corrected chi connectivity index (χ3v) is 6.65. The zero-order chi connectivity index (χ0) is 24.0. The molecule has 1 amide bonds. The SMILES string of the molecule is CC(CC1CC1)(C(N)=O)c1cccc(-c2nn(-c3ccc(F)cc3F)c(=O)c3ccccc23)c1. The molecular formula is C27H23F2N3O2. The molecule has 2 N–H and O–H groups in total. The molecule has 1 aromatic heterocycles. The van der Waals surface area contributed by atoms with Crippen LogP contribution in [-0.4, -0.2) is 15.7 Å². The molecule has 1 saturated carbocycles. The van der Waals surface area contributed by atoms with E-state index in [-0.39, 0.29) is 5.69 Å². The fraction of sp³-hybridized carbons (Fsp3) is 0.222. The molecule has 172 valence electrons. The monoisotopic (exact) mass is 459 g/mol. The van der Waals surface area contributed by atoms with Gasteiger partial charge < -0.3 is 5.73 Å². The lowest BCUT2D eigenvalue weighted by Crippen LogP contribution is -2.39. The number of fused-ring (bicyclic) bond motifs is 1. The number of aromatic nitrogens is 2. The number of benzene rings is 3. The van der Waals surface area contributed by atoms with E-state index in [1.807, 2.05) is 31.2 Å². The number of hydrogen-bond acceptors (Lipinski definition) is 3. The highest BCUT2D eigenvalue weighted by Gasteiger charge is 2.39. The fourth-order valence-electron chi connectivity index (χ4n) is 4.49. The number of rotatable bonds is 6. The first-order chi connectivity index (χ1) is 16.3. The van der Waals surface area contributed by atoms with Crippen molar-refractivity contribution < 1.29 is 13.6 Å².